The SMILES string of the molecule is C#Cc1cccc2cc(F)cc(C)c12. The van der Waals surface area contributed by atoms with E-state index >= 15 is 0 Å². The Morgan fingerprint density at radius 3 is 2.79 bits per heavy atom. The highest BCUT2D eigenvalue weighted by Crippen LogP contribution is 2.23. The first-order valence-corrected chi connectivity index (χ1v) is 4.38. The summed E-state index contributed by atoms with van der Waals surface area (Å²) >= 11 is 0. The Hall–Kier alpha value is -1.81. The molecule has 0 saturated heterocycles. The number of terminal acetylenes is 1. The van der Waals surface area contributed by atoms with Crippen LogP contribution in [0.2, 0.25) is 0 Å². The van der Waals surface area contributed by atoms with Crippen molar-refractivity contribution >= 4 is 10.8 Å². The molecule has 0 heterocycles. The maximum Gasteiger partial charge on any atom is 0.124 e. The molecule has 0 atom stereocenters. The van der Waals surface area contributed by atoms with Crippen LogP contribution in [0.15, 0.2) is 30.3 Å². The lowest BCUT2D eigenvalue weighted by Gasteiger charge is -2.04. The van der Waals surface area contributed by atoms with Gasteiger partial charge in [-0.3, -0.25) is 0 Å². The van der Waals surface area contributed by atoms with Crippen LogP contribution in [0.4, 0.5) is 4.39 Å². The third-order valence-corrected chi connectivity index (χ3v) is 2.29. The van der Waals surface area contributed by atoms with Crippen LogP contribution in [0, 0.1) is 25.1 Å². The van der Waals surface area contributed by atoms with Gasteiger partial charge in [-0.25, -0.2) is 4.39 Å². The quantitative estimate of drug-likeness (QED) is 0.551. The summed E-state index contributed by atoms with van der Waals surface area (Å²) in [5, 5.41) is 1.83. The average molecular weight is 184 g/mol. The zero-order chi connectivity index (χ0) is 10.1. The molecule has 2 rings (SSSR count). The maximum atomic E-state index is 13.1. The number of aryl methyl sites for hydroxylation is 1. The first kappa shape index (κ1) is 8.77. The molecule has 0 N–H and O–H groups in total. The number of rotatable bonds is 0. The number of benzene rings is 2. The topological polar surface area (TPSA) is 0 Å². The van der Waals surface area contributed by atoms with Crippen LogP contribution in [0.3, 0.4) is 0 Å². The Kier molecular flexibility index (Phi) is 1.98. The van der Waals surface area contributed by atoms with Gasteiger partial charge in [0, 0.05) is 10.9 Å². The molecule has 0 amide bonds. The van der Waals surface area contributed by atoms with E-state index in [0.29, 0.717) is 0 Å². The Balaban J connectivity index is 2.96. The molecule has 2 aromatic carbocycles. The molecule has 0 bridgehead atoms. The van der Waals surface area contributed by atoms with Crippen LogP contribution < -0.4 is 0 Å². The van der Waals surface area contributed by atoms with Crippen LogP contribution in [0.5, 0.6) is 0 Å². The molecular formula is C13H9F. The number of fused-ring (bicyclic) bond motifs is 1. The fourth-order valence-electron chi connectivity index (χ4n) is 1.72. The van der Waals surface area contributed by atoms with Gasteiger partial charge in [-0.2, -0.15) is 0 Å². The number of halogens is 1. The van der Waals surface area contributed by atoms with Crippen molar-refractivity contribution in [2.24, 2.45) is 0 Å². The van der Waals surface area contributed by atoms with E-state index in [-0.39, 0.29) is 5.82 Å². The van der Waals surface area contributed by atoms with E-state index in [1.807, 2.05) is 25.1 Å². The molecule has 0 radical (unpaired) electrons. The van der Waals surface area contributed by atoms with E-state index in [1.165, 1.54) is 12.1 Å². The summed E-state index contributed by atoms with van der Waals surface area (Å²) in [6, 6.07) is 8.59. The van der Waals surface area contributed by atoms with Gasteiger partial charge in [-0.05, 0) is 36.1 Å². The van der Waals surface area contributed by atoms with Crippen molar-refractivity contribution in [3.05, 3.63) is 47.3 Å². The van der Waals surface area contributed by atoms with E-state index < -0.39 is 0 Å². The average Bonchev–Trinajstić information content (AvgIpc) is 2.16. The second kappa shape index (κ2) is 3.16. The summed E-state index contributed by atoms with van der Waals surface area (Å²) < 4.78 is 13.1. The summed E-state index contributed by atoms with van der Waals surface area (Å²) in [6.07, 6.45) is 5.38. The second-order valence-corrected chi connectivity index (χ2v) is 3.27. The lowest BCUT2D eigenvalue weighted by atomic mass is 10.0. The Morgan fingerprint density at radius 1 is 1.29 bits per heavy atom. The molecule has 0 spiro atoms. The van der Waals surface area contributed by atoms with Gasteiger partial charge in [-0.15, -0.1) is 6.42 Å². The number of hydrogen-bond donors (Lipinski definition) is 0. The lowest BCUT2D eigenvalue weighted by molar-refractivity contribution is 0.628. The summed E-state index contributed by atoms with van der Waals surface area (Å²) in [6.45, 7) is 1.87. The van der Waals surface area contributed by atoms with Crippen molar-refractivity contribution in [1.29, 1.82) is 0 Å². The predicted octanol–water partition coefficient (Wildman–Crippen LogP) is 3.27. The molecule has 0 unspecified atom stereocenters. The smallest absolute Gasteiger partial charge is 0.124 e. The largest absolute Gasteiger partial charge is 0.207 e. The minimum Gasteiger partial charge on any atom is -0.207 e. The summed E-state index contributed by atoms with van der Waals surface area (Å²) in [7, 11) is 0. The molecule has 1 heteroatoms. The monoisotopic (exact) mass is 184 g/mol. The summed E-state index contributed by atoms with van der Waals surface area (Å²) in [5.74, 6) is 2.39. The van der Waals surface area contributed by atoms with Gasteiger partial charge in [0.25, 0.3) is 0 Å². The molecule has 14 heavy (non-hydrogen) atoms. The van der Waals surface area contributed by atoms with E-state index in [2.05, 4.69) is 5.92 Å². The third-order valence-electron chi connectivity index (χ3n) is 2.29. The van der Waals surface area contributed by atoms with Crippen molar-refractivity contribution in [3.63, 3.8) is 0 Å². The van der Waals surface area contributed by atoms with Gasteiger partial charge in [0.2, 0.25) is 0 Å². The fraction of sp³-hybridized carbons (Fsp3) is 0.0769. The van der Waals surface area contributed by atoms with Gasteiger partial charge < -0.3 is 0 Å². The van der Waals surface area contributed by atoms with E-state index in [1.54, 1.807) is 0 Å². The molecule has 0 aromatic heterocycles. The van der Waals surface area contributed by atoms with Crippen LogP contribution in [0.25, 0.3) is 10.8 Å². The van der Waals surface area contributed by atoms with Crippen LogP contribution in [0.1, 0.15) is 11.1 Å². The highest BCUT2D eigenvalue weighted by atomic mass is 19.1. The Morgan fingerprint density at radius 2 is 2.07 bits per heavy atom. The molecule has 0 fully saturated rings. The van der Waals surface area contributed by atoms with E-state index in [4.69, 9.17) is 6.42 Å². The van der Waals surface area contributed by atoms with Gasteiger partial charge in [0.1, 0.15) is 5.82 Å². The van der Waals surface area contributed by atoms with Crippen molar-refractivity contribution in [2.75, 3.05) is 0 Å². The molecule has 68 valence electrons. The molecule has 0 aliphatic rings. The van der Waals surface area contributed by atoms with Crippen molar-refractivity contribution in [2.45, 2.75) is 6.92 Å². The van der Waals surface area contributed by atoms with Crippen LogP contribution in [-0.4, -0.2) is 0 Å². The molecule has 2 aromatic rings. The van der Waals surface area contributed by atoms with Crippen molar-refractivity contribution in [1.82, 2.24) is 0 Å². The van der Waals surface area contributed by atoms with Gasteiger partial charge in [-0.1, -0.05) is 18.1 Å². The number of hydrogen-bond acceptors (Lipinski definition) is 0. The van der Waals surface area contributed by atoms with Crippen molar-refractivity contribution < 1.29 is 4.39 Å². The third kappa shape index (κ3) is 1.25. The van der Waals surface area contributed by atoms with E-state index in [9.17, 15) is 4.39 Å². The minimum atomic E-state index is -0.218. The van der Waals surface area contributed by atoms with Crippen LogP contribution >= 0.6 is 0 Å². The minimum absolute atomic E-state index is 0.218. The fourth-order valence-corrected chi connectivity index (χ4v) is 1.72. The first-order valence-electron chi connectivity index (χ1n) is 4.38. The molecular weight excluding hydrogens is 175 g/mol. The van der Waals surface area contributed by atoms with Crippen molar-refractivity contribution in [3.8, 4) is 12.3 Å². The molecule has 0 aliphatic heterocycles. The zero-order valence-corrected chi connectivity index (χ0v) is 7.84. The predicted molar refractivity (Wildman–Crippen MR) is 56.6 cm³/mol. The molecule has 0 saturated carbocycles. The maximum absolute atomic E-state index is 13.1. The summed E-state index contributed by atoms with van der Waals surface area (Å²) in [5.41, 5.74) is 1.70. The van der Waals surface area contributed by atoms with Gasteiger partial charge in [0.05, 0.1) is 0 Å². The summed E-state index contributed by atoms with van der Waals surface area (Å²) in [4.78, 5) is 0. The van der Waals surface area contributed by atoms with Crippen LogP contribution in [-0.2, 0) is 0 Å². The highest BCUT2D eigenvalue weighted by molar-refractivity contribution is 5.90. The standard InChI is InChI=1S/C13H9F/c1-3-10-5-4-6-11-8-12(14)7-9(2)13(10)11/h1,4-8H,2H3. The first-order chi connectivity index (χ1) is 6.72. The highest BCUT2D eigenvalue weighted by Gasteiger charge is 2.03. The van der Waals surface area contributed by atoms with Gasteiger partial charge >= 0.3 is 0 Å². The Labute approximate surface area is 82.4 Å². The zero-order valence-electron chi connectivity index (χ0n) is 7.84. The van der Waals surface area contributed by atoms with Gasteiger partial charge in [0.15, 0.2) is 0 Å². The Bertz CT molecular complexity index is 533. The second-order valence-electron chi connectivity index (χ2n) is 3.27. The molecule has 0 nitrogen and oxygen atoms in total. The lowest BCUT2D eigenvalue weighted by Crippen LogP contribution is -1.86. The normalized spacial score (nSPS) is 10.1. The molecule has 0 aliphatic carbocycles. The van der Waals surface area contributed by atoms with E-state index in [0.717, 1.165) is 21.9 Å².